The van der Waals surface area contributed by atoms with Gasteiger partial charge in [0.15, 0.2) is 0 Å². The lowest BCUT2D eigenvalue weighted by atomic mass is 10.1. The smallest absolute Gasteiger partial charge is 0.240 e. The molecule has 0 spiro atoms. The topological polar surface area (TPSA) is 59.6 Å². The minimum atomic E-state index is -0.259. The van der Waals surface area contributed by atoms with Crippen LogP contribution in [-0.2, 0) is 9.53 Å². The molecule has 1 saturated heterocycles. The Labute approximate surface area is 138 Å². The molecule has 1 aliphatic rings. The highest BCUT2D eigenvalue weighted by Gasteiger charge is 2.22. The van der Waals surface area contributed by atoms with Gasteiger partial charge in [0, 0.05) is 6.54 Å². The first kappa shape index (κ1) is 17.8. The van der Waals surface area contributed by atoms with Crippen LogP contribution in [0.4, 0.5) is 0 Å². The van der Waals surface area contributed by atoms with E-state index in [4.69, 9.17) is 9.47 Å². The maximum atomic E-state index is 12.2. The van der Waals surface area contributed by atoms with Crippen molar-refractivity contribution in [3.05, 3.63) is 29.8 Å². The standard InChI is InChI=1S/C18H28N2O3/c1-13(2)8-10-23-16-6-4-15(5-7-16)14(3)20-18(21)17-12-22-11-9-19-17/h4-7,13-14,17,19H,8-12H2,1-3H3,(H,20,21). The molecule has 5 heteroatoms. The quantitative estimate of drug-likeness (QED) is 0.809. The zero-order valence-corrected chi connectivity index (χ0v) is 14.3. The highest BCUT2D eigenvalue weighted by atomic mass is 16.5. The number of hydrogen-bond acceptors (Lipinski definition) is 4. The maximum absolute atomic E-state index is 12.2. The summed E-state index contributed by atoms with van der Waals surface area (Å²) in [6, 6.07) is 7.61. The molecule has 2 rings (SSSR count). The van der Waals surface area contributed by atoms with Gasteiger partial charge in [-0.2, -0.15) is 0 Å². The fourth-order valence-corrected chi connectivity index (χ4v) is 2.40. The predicted molar refractivity (Wildman–Crippen MR) is 90.6 cm³/mol. The van der Waals surface area contributed by atoms with Gasteiger partial charge in [-0.25, -0.2) is 0 Å². The van der Waals surface area contributed by atoms with Gasteiger partial charge >= 0.3 is 0 Å². The van der Waals surface area contributed by atoms with Gasteiger partial charge in [0.25, 0.3) is 0 Å². The van der Waals surface area contributed by atoms with Crippen LogP contribution in [0.1, 0.15) is 38.8 Å². The summed E-state index contributed by atoms with van der Waals surface area (Å²) in [7, 11) is 0. The van der Waals surface area contributed by atoms with E-state index in [1.807, 2.05) is 31.2 Å². The van der Waals surface area contributed by atoms with Crippen LogP contribution in [0.3, 0.4) is 0 Å². The minimum Gasteiger partial charge on any atom is -0.494 e. The van der Waals surface area contributed by atoms with Crippen LogP contribution in [0, 0.1) is 5.92 Å². The van der Waals surface area contributed by atoms with Crippen LogP contribution >= 0.6 is 0 Å². The first-order chi connectivity index (χ1) is 11.1. The van der Waals surface area contributed by atoms with Gasteiger partial charge in [0.05, 0.1) is 25.9 Å². The molecule has 1 heterocycles. The van der Waals surface area contributed by atoms with Crippen molar-refractivity contribution in [2.75, 3.05) is 26.4 Å². The molecule has 0 radical (unpaired) electrons. The number of rotatable bonds is 7. The van der Waals surface area contributed by atoms with Gasteiger partial charge in [-0.1, -0.05) is 26.0 Å². The second-order valence-corrected chi connectivity index (χ2v) is 6.41. The Morgan fingerprint density at radius 3 is 2.70 bits per heavy atom. The first-order valence-electron chi connectivity index (χ1n) is 8.40. The highest BCUT2D eigenvalue weighted by molar-refractivity contribution is 5.82. The molecule has 2 atom stereocenters. The second-order valence-electron chi connectivity index (χ2n) is 6.41. The molecule has 0 bridgehead atoms. The molecule has 1 aliphatic heterocycles. The fourth-order valence-electron chi connectivity index (χ4n) is 2.40. The van der Waals surface area contributed by atoms with Crippen molar-refractivity contribution in [2.45, 2.75) is 39.3 Å². The lowest BCUT2D eigenvalue weighted by Crippen LogP contribution is -2.51. The Morgan fingerprint density at radius 1 is 1.35 bits per heavy atom. The van der Waals surface area contributed by atoms with E-state index in [2.05, 4.69) is 24.5 Å². The van der Waals surface area contributed by atoms with E-state index >= 15 is 0 Å². The van der Waals surface area contributed by atoms with Gasteiger partial charge in [-0.05, 0) is 37.0 Å². The number of nitrogens with one attached hydrogen (secondary N) is 2. The Morgan fingerprint density at radius 2 is 2.09 bits per heavy atom. The molecule has 5 nitrogen and oxygen atoms in total. The summed E-state index contributed by atoms with van der Waals surface area (Å²) in [4.78, 5) is 12.2. The van der Waals surface area contributed by atoms with Crippen molar-refractivity contribution in [1.29, 1.82) is 0 Å². The van der Waals surface area contributed by atoms with E-state index in [-0.39, 0.29) is 18.0 Å². The lowest BCUT2D eigenvalue weighted by Gasteiger charge is -2.25. The zero-order valence-electron chi connectivity index (χ0n) is 14.3. The van der Waals surface area contributed by atoms with Gasteiger partial charge < -0.3 is 20.1 Å². The molecular formula is C18H28N2O3. The largest absolute Gasteiger partial charge is 0.494 e. The van der Waals surface area contributed by atoms with Gasteiger partial charge in [0.1, 0.15) is 11.8 Å². The molecule has 1 fully saturated rings. The molecule has 0 aliphatic carbocycles. The van der Waals surface area contributed by atoms with Crippen molar-refractivity contribution >= 4 is 5.91 Å². The number of benzene rings is 1. The monoisotopic (exact) mass is 320 g/mol. The average molecular weight is 320 g/mol. The number of ether oxygens (including phenoxy) is 2. The van der Waals surface area contributed by atoms with Crippen LogP contribution in [0.2, 0.25) is 0 Å². The summed E-state index contributed by atoms with van der Waals surface area (Å²) >= 11 is 0. The maximum Gasteiger partial charge on any atom is 0.240 e. The first-order valence-corrected chi connectivity index (χ1v) is 8.40. The molecule has 0 aromatic heterocycles. The van der Waals surface area contributed by atoms with Gasteiger partial charge in [-0.3, -0.25) is 4.79 Å². The predicted octanol–water partition coefficient (Wildman–Crippen LogP) is 2.28. The van der Waals surface area contributed by atoms with Crippen molar-refractivity contribution in [1.82, 2.24) is 10.6 Å². The summed E-state index contributed by atoms with van der Waals surface area (Å²) in [5.41, 5.74) is 1.06. The molecule has 2 N–H and O–H groups in total. The molecule has 128 valence electrons. The van der Waals surface area contributed by atoms with E-state index in [1.165, 1.54) is 0 Å². The van der Waals surface area contributed by atoms with Crippen molar-refractivity contribution in [3.8, 4) is 5.75 Å². The third-order valence-corrected chi connectivity index (χ3v) is 3.94. The van der Waals surface area contributed by atoms with Crippen LogP contribution in [0.5, 0.6) is 5.75 Å². The molecular weight excluding hydrogens is 292 g/mol. The van der Waals surface area contributed by atoms with E-state index < -0.39 is 0 Å². The SMILES string of the molecule is CC(C)CCOc1ccc(C(C)NC(=O)C2COCCN2)cc1. The molecule has 0 saturated carbocycles. The Balaban J connectivity index is 1.82. The van der Waals surface area contributed by atoms with Crippen molar-refractivity contribution in [3.63, 3.8) is 0 Å². The van der Waals surface area contributed by atoms with Gasteiger partial charge in [-0.15, -0.1) is 0 Å². The molecule has 2 unspecified atom stereocenters. The van der Waals surface area contributed by atoms with Crippen LogP contribution in [-0.4, -0.2) is 38.3 Å². The highest BCUT2D eigenvalue weighted by Crippen LogP contribution is 2.18. The number of carbonyl (C=O) groups is 1. The Hall–Kier alpha value is -1.59. The van der Waals surface area contributed by atoms with Crippen LogP contribution < -0.4 is 15.4 Å². The normalized spacial score (nSPS) is 19.4. The summed E-state index contributed by atoms with van der Waals surface area (Å²) < 4.78 is 11.0. The average Bonchev–Trinajstić information content (AvgIpc) is 2.56. The molecule has 1 aromatic rings. The van der Waals surface area contributed by atoms with E-state index in [0.717, 1.165) is 30.9 Å². The number of morpholine rings is 1. The lowest BCUT2D eigenvalue weighted by molar-refractivity contribution is -0.126. The third-order valence-electron chi connectivity index (χ3n) is 3.94. The molecule has 23 heavy (non-hydrogen) atoms. The second kappa shape index (κ2) is 8.89. The van der Waals surface area contributed by atoms with Crippen molar-refractivity contribution in [2.24, 2.45) is 5.92 Å². The van der Waals surface area contributed by atoms with E-state index in [1.54, 1.807) is 0 Å². The fraction of sp³-hybridized carbons (Fsp3) is 0.611. The third kappa shape index (κ3) is 5.84. The van der Waals surface area contributed by atoms with Crippen LogP contribution in [0.25, 0.3) is 0 Å². The number of hydrogen-bond donors (Lipinski definition) is 2. The van der Waals surface area contributed by atoms with Gasteiger partial charge in [0.2, 0.25) is 5.91 Å². The van der Waals surface area contributed by atoms with E-state index in [0.29, 0.717) is 19.1 Å². The number of carbonyl (C=O) groups excluding carboxylic acids is 1. The Bertz CT molecular complexity index is 482. The summed E-state index contributed by atoms with van der Waals surface area (Å²) in [6.45, 7) is 8.90. The van der Waals surface area contributed by atoms with Crippen LogP contribution in [0.15, 0.2) is 24.3 Å². The van der Waals surface area contributed by atoms with Crippen molar-refractivity contribution < 1.29 is 14.3 Å². The molecule has 1 aromatic carbocycles. The minimum absolute atomic E-state index is 0.0190. The molecule has 1 amide bonds. The zero-order chi connectivity index (χ0) is 16.7. The Kier molecular flexibility index (Phi) is 6.86. The summed E-state index contributed by atoms with van der Waals surface area (Å²) in [5.74, 6) is 1.49. The summed E-state index contributed by atoms with van der Waals surface area (Å²) in [5, 5.41) is 6.18. The number of amides is 1. The van der Waals surface area contributed by atoms with E-state index in [9.17, 15) is 4.79 Å². The summed E-state index contributed by atoms with van der Waals surface area (Å²) in [6.07, 6.45) is 1.05.